The standard InChI is InChI=1S/C12H15O8P/c1-7(20-8-5-3-2-4-6-8)9(11(13)14)10(12(15)16)21(17,18)19/h2-7,9-10H,1H3,(H,13,14)(H,15,16)(H2,17,18,19). The molecule has 21 heavy (non-hydrogen) atoms. The van der Waals surface area contributed by atoms with E-state index in [1.54, 1.807) is 18.2 Å². The second-order valence-corrected chi connectivity index (χ2v) is 6.11. The minimum atomic E-state index is -5.16. The monoisotopic (exact) mass is 318 g/mol. The quantitative estimate of drug-likeness (QED) is 0.540. The van der Waals surface area contributed by atoms with Gasteiger partial charge in [-0.2, -0.15) is 0 Å². The maximum absolute atomic E-state index is 11.3. The molecular formula is C12H15O8P. The molecule has 3 atom stereocenters. The predicted molar refractivity (Wildman–Crippen MR) is 71.1 cm³/mol. The molecule has 0 heterocycles. The van der Waals surface area contributed by atoms with Crippen LogP contribution in [-0.2, 0) is 14.2 Å². The van der Waals surface area contributed by atoms with E-state index in [2.05, 4.69) is 0 Å². The number of para-hydroxylation sites is 1. The Kier molecular flexibility index (Phi) is 5.48. The van der Waals surface area contributed by atoms with E-state index in [-0.39, 0.29) is 5.75 Å². The summed E-state index contributed by atoms with van der Waals surface area (Å²) in [5.74, 6) is -5.18. The lowest BCUT2D eigenvalue weighted by atomic mass is 9.99. The number of benzene rings is 1. The Bertz CT molecular complexity index is 552. The number of rotatable bonds is 7. The molecule has 116 valence electrons. The third-order valence-corrected chi connectivity index (χ3v) is 4.08. The summed E-state index contributed by atoms with van der Waals surface area (Å²) in [6, 6.07) is 7.97. The van der Waals surface area contributed by atoms with E-state index in [0.717, 1.165) is 0 Å². The molecule has 9 heteroatoms. The first-order chi connectivity index (χ1) is 9.64. The number of hydrogen-bond acceptors (Lipinski definition) is 4. The van der Waals surface area contributed by atoms with Crippen molar-refractivity contribution in [2.75, 3.05) is 0 Å². The molecule has 4 N–H and O–H groups in total. The minimum absolute atomic E-state index is 0.270. The molecule has 1 aromatic rings. The molecule has 1 aromatic carbocycles. The highest BCUT2D eigenvalue weighted by molar-refractivity contribution is 7.53. The SMILES string of the molecule is CC(Oc1ccccc1)C(C(=O)O)C(C(=O)O)P(=O)(O)O. The topological polar surface area (TPSA) is 141 Å². The lowest BCUT2D eigenvalue weighted by molar-refractivity contribution is -0.151. The molecule has 0 aliphatic carbocycles. The van der Waals surface area contributed by atoms with Crippen LogP contribution >= 0.6 is 7.60 Å². The van der Waals surface area contributed by atoms with Gasteiger partial charge in [-0.1, -0.05) is 18.2 Å². The zero-order valence-corrected chi connectivity index (χ0v) is 11.9. The van der Waals surface area contributed by atoms with Gasteiger partial charge in [0, 0.05) is 0 Å². The van der Waals surface area contributed by atoms with E-state index in [4.69, 9.17) is 24.7 Å². The van der Waals surface area contributed by atoms with Crippen LogP contribution in [0, 0.1) is 5.92 Å². The fourth-order valence-electron chi connectivity index (χ4n) is 1.89. The van der Waals surface area contributed by atoms with Crippen LogP contribution in [0.25, 0.3) is 0 Å². The van der Waals surface area contributed by atoms with Gasteiger partial charge in [-0.25, -0.2) is 0 Å². The molecule has 0 aliphatic heterocycles. The van der Waals surface area contributed by atoms with Crippen LogP contribution in [0.4, 0.5) is 0 Å². The zero-order chi connectivity index (χ0) is 16.2. The van der Waals surface area contributed by atoms with E-state index in [1.165, 1.54) is 19.1 Å². The van der Waals surface area contributed by atoms with Gasteiger partial charge in [0.15, 0.2) is 5.66 Å². The van der Waals surface area contributed by atoms with Gasteiger partial charge in [0.25, 0.3) is 0 Å². The lowest BCUT2D eigenvalue weighted by Gasteiger charge is -2.26. The van der Waals surface area contributed by atoms with Crippen LogP contribution in [0.2, 0.25) is 0 Å². The second kappa shape index (κ2) is 6.71. The van der Waals surface area contributed by atoms with Crippen LogP contribution in [-0.4, -0.2) is 43.7 Å². The summed E-state index contributed by atoms with van der Waals surface area (Å²) in [4.78, 5) is 40.5. The Morgan fingerprint density at radius 1 is 1.10 bits per heavy atom. The summed E-state index contributed by atoms with van der Waals surface area (Å²) >= 11 is 0. The maximum Gasteiger partial charge on any atom is 0.340 e. The molecule has 0 aromatic heterocycles. The lowest BCUT2D eigenvalue weighted by Crippen LogP contribution is -2.43. The summed E-state index contributed by atoms with van der Waals surface area (Å²) < 4.78 is 16.5. The van der Waals surface area contributed by atoms with E-state index < -0.39 is 37.2 Å². The molecule has 1 rings (SSSR count). The van der Waals surface area contributed by atoms with Crippen molar-refractivity contribution < 1.29 is 38.9 Å². The van der Waals surface area contributed by atoms with Crippen LogP contribution in [0.5, 0.6) is 5.75 Å². The summed E-state index contributed by atoms with van der Waals surface area (Å²) in [7, 11) is -5.16. The van der Waals surface area contributed by atoms with Gasteiger partial charge in [0.1, 0.15) is 17.8 Å². The van der Waals surface area contributed by atoms with Gasteiger partial charge >= 0.3 is 19.5 Å². The highest BCUT2D eigenvalue weighted by Gasteiger charge is 2.49. The number of carboxylic acid groups (broad SMARTS) is 2. The molecule has 0 radical (unpaired) electrons. The first-order valence-corrected chi connectivity index (χ1v) is 7.55. The number of aliphatic carboxylic acids is 2. The molecule has 0 spiro atoms. The zero-order valence-electron chi connectivity index (χ0n) is 11.0. The third kappa shape index (κ3) is 4.56. The summed E-state index contributed by atoms with van der Waals surface area (Å²) in [5, 5.41) is 18.0. The average molecular weight is 318 g/mol. The van der Waals surface area contributed by atoms with Crippen molar-refractivity contribution in [3.63, 3.8) is 0 Å². The normalized spacial score (nSPS) is 15.8. The highest BCUT2D eigenvalue weighted by atomic mass is 31.2. The second-order valence-electron chi connectivity index (χ2n) is 4.37. The average Bonchev–Trinajstić information content (AvgIpc) is 2.34. The fourth-order valence-corrected chi connectivity index (χ4v) is 2.96. The van der Waals surface area contributed by atoms with E-state index in [0.29, 0.717) is 0 Å². The third-order valence-electron chi connectivity index (χ3n) is 2.81. The van der Waals surface area contributed by atoms with Gasteiger partial charge in [0.2, 0.25) is 0 Å². The van der Waals surface area contributed by atoms with Crippen molar-refractivity contribution in [1.82, 2.24) is 0 Å². The van der Waals surface area contributed by atoms with Crippen molar-refractivity contribution in [1.29, 1.82) is 0 Å². The molecule has 0 fully saturated rings. The predicted octanol–water partition coefficient (Wildman–Crippen LogP) is 0.786. The van der Waals surface area contributed by atoms with Crippen molar-refractivity contribution >= 4 is 19.5 Å². The number of carboxylic acids is 2. The van der Waals surface area contributed by atoms with Gasteiger partial charge < -0.3 is 24.7 Å². The first-order valence-electron chi connectivity index (χ1n) is 5.87. The van der Waals surface area contributed by atoms with Crippen LogP contribution in [0.1, 0.15) is 6.92 Å². The molecule has 3 unspecified atom stereocenters. The fraction of sp³-hybridized carbons (Fsp3) is 0.333. The van der Waals surface area contributed by atoms with E-state index >= 15 is 0 Å². The smallest absolute Gasteiger partial charge is 0.340 e. The Morgan fingerprint density at radius 3 is 2.00 bits per heavy atom. The number of hydrogen-bond donors (Lipinski definition) is 4. The molecule has 0 saturated heterocycles. The van der Waals surface area contributed by atoms with E-state index in [9.17, 15) is 14.2 Å². The molecule has 8 nitrogen and oxygen atoms in total. The van der Waals surface area contributed by atoms with Gasteiger partial charge in [0.05, 0.1) is 0 Å². The largest absolute Gasteiger partial charge is 0.490 e. The van der Waals surface area contributed by atoms with Crippen LogP contribution in [0.15, 0.2) is 30.3 Å². The first kappa shape index (κ1) is 17.2. The molecule has 0 saturated carbocycles. The van der Waals surface area contributed by atoms with Gasteiger partial charge in [-0.15, -0.1) is 0 Å². The Morgan fingerprint density at radius 2 is 1.62 bits per heavy atom. The molecule has 0 amide bonds. The maximum atomic E-state index is 11.3. The summed E-state index contributed by atoms with van der Waals surface area (Å²) in [6.07, 6.45) is -1.25. The van der Waals surface area contributed by atoms with Crippen LogP contribution < -0.4 is 4.74 Å². The van der Waals surface area contributed by atoms with Crippen LogP contribution in [0.3, 0.4) is 0 Å². The Labute approximate surface area is 120 Å². The summed E-state index contributed by atoms with van der Waals surface area (Å²) in [5.41, 5.74) is -2.38. The van der Waals surface area contributed by atoms with Gasteiger partial charge in [-0.3, -0.25) is 14.2 Å². The highest BCUT2D eigenvalue weighted by Crippen LogP contribution is 2.46. The van der Waals surface area contributed by atoms with Crippen molar-refractivity contribution in [2.24, 2.45) is 5.92 Å². The van der Waals surface area contributed by atoms with Crippen molar-refractivity contribution in [3.8, 4) is 5.75 Å². The minimum Gasteiger partial charge on any atom is -0.490 e. The van der Waals surface area contributed by atoms with E-state index in [1.807, 2.05) is 0 Å². The molecular weight excluding hydrogens is 303 g/mol. The molecule has 0 bridgehead atoms. The number of carbonyl (C=O) groups is 2. The molecule has 0 aliphatic rings. The van der Waals surface area contributed by atoms with Crippen molar-refractivity contribution in [2.45, 2.75) is 18.7 Å². The number of ether oxygens (including phenoxy) is 1. The Hall–Kier alpha value is -1.89. The Balaban J connectivity index is 3.08. The van der Waals surface area contributed by atoms with Gasteiger partial charge in [-0.05, 0) is 19.1 Å². The summed E-state index contributed by atoms with van der Waals surface area (Å²) in [6.45, 7) is 1.25. The van der Waals surface area contributed by atoms with Crippen molar-refractivity contribution in [3.05, 3.63) is 30.3 Å².